The molecule has 24 valence electrons. The molecule has 0 rings (SSSR count). The van der Waals surface area contributed by atoms with Crippen molar-refractivity contribution in [2.45, 2.75) is 0 Å². The minimum atomic E-state index is 1.00. The number of rotatable bonds is 0. The highest BCUT2D eigenvalue weighted by atomic mass is 32.0. The van der Waals surface area contributed by atoms with Crippen LogP contribution in [-0.2, 0) is 0 Å². The molecule has 0 saturated heterocycles. The van der Waals surface area contributed by atoms with Crippen molar-refractivity contribution in [2.24, 2.45) is 4.52 Å². The lowest BCUT2D eigenvalue weighted by molar-refractivity contribution is 2.11. The maximum Gasteiger partial charge on any atom is 0.0271 e. The second kappa shape index (κ2) is 3.96. The van der Waals surface area contributed by atoms with Gasteiger partial charge in [-0.25, -0.2) is 4.52 Å². The van der Waals surface area contributed by atoms with Crippen molar-refractivity contribution in [2.75, 3.05) is 0 Å². The van der Waals surface area contributed by atoms with Crippen molar-refractivity contribution < 1.29 is 0 Å². The predicted octanol–water partition coefficient (Wildman–Crippen LogP) is 1.70. The molecule has 0 aliphatic carbocycles. The van der Waals surface area contributed by atoms with Crippen molar-refractivity contribution in [3.05, 3.63) is 0 Å². The van der Waals surface area contributed by atoms with Crippen LogP contribution in [-0.4, -0.2) is 0 Å². The fourth-order valence-electron chi connectivity index (χ4n) is 0. The molecule has 0 fully saturated rings. The first-order valence-electron chi connectivity index (χ1n) is 0.716. The molecule has 0 aromatic carbocycles. The molecular weight excluding hydrogens is 107 g/mol. The van der Waals surface area contributed by atoms with Crippen LogP contribution in [0.4, 0.5) is 0 Å². The van der Waals surface area contributed by atoms with Gasteiger partial charge >= 0.3 is 0 Å². The topological polar surface area (TPSA) is 12.4 Å². The van der Waals surface area contributed by atoms with Crippen molar-refractivity contribution in [1.29, 1.82) is 0 Å². The molecule has 0 aromatic heterocycles. The van der Waals surface area contributed by atoms with Gasteiger partial charge in [0.15, 0.2) is 0 Å². The van der Waals surface area contributed by atoms with Gasteiger partial charge in [-0.05, 0) is 9.39 Å². The summed E-state index contributed by atoms with van der Waals surface area (Å²) in [5.74, 6) is 0. The van der Waals surface area contributed by atoms with E-state index in [0.29, 0.717) is 0 Å². The Balaban J connectivity index is 2.55. The van der Waals surface area contributed by atoms with E-state index >= 15 is 0 Å². The minimum Gasteiger partial charge on any atom is -0.248 e. The molecule has 0 aromatic rings. The summed E-state index contributed by atoms with van der Waals surface area (Å²) >= 11 is 0. The molecule has 0 radical (unpaired) electrons. The predicted molar refractivity (Wildman–Crippen MR) is 28.8 cm³/mol. The third-order valence-corrected chi connectivity index (χ3v) is 1.80. The second-order valence-electron chi connectivity index (χ2n) is 0.231. The van der Waals surface area contributed by atoms with Crippen LogP contribution in [0.2, 0.25) is 0 Å². The average molecular weight is 111 g/mol. The van der Waals surface area contributed by atoms with E-state index < -0.39 is 0 Å². The zero-order valence-electron chi connectivity index (χ0n) is 2.05. The van der Waals surface area contributed by atoms with E-state index in [4.69, 9.17) is 0 Å². The van der Waals surface area contributed by atoms with E-state index in [2.05, 4.69) is 22.8 Å². The van der Waals surface area contributed by atoms with Crippen LogP contribution in [0, 0.1) is 0 Å². The third kappa shape index (κ3) is 2.96. The molecule has 0 aliphatic heterocycles. The molecule has 2 unspecified atom stereocenters. The Morgan fingerprint density at radius 3 is 2.00 bits per heavy atom. The molecule has 0 spiro atoms. The van der Waals surface area contributed by atoms with Crippen molar-refractivity contribution in [3.8, 4) is 0 Å². The number of hydrogen-bond donors (Lipinski definition) is 0. The Morgan fingerprint density at radius 1 is 1.75 bits per heavy atom. The van der Waals surface area contributed by atoms with Gasteiger partial charge in [0, 0.05) is 8.06 Å². The van der Waals surface area contributed by atoms with Crippen molar-refractivity contribution in [3.63, 3.8) is 0 Å². The van der Waals surface area contributed by atoms with E-state index in [1.54, 1.807) is 0 Å². The number of hydrogen-bond acceptors (Lipinski definition) is 1. The van der Waals surface area contributed by atoms with Gasteiger partial charge in [-0.3, -0.25) is 0 Å². The molecule has 0 heterocycles. The third-order valence-electron chi connectivity index (χ3n) is 0.0667. The Labute approximate surface area is 31.8 Å². The largest absolute Gasteiger partial charge is 0.248 e. The summed E-state index contributed by atoms with van der Waals surface area (Å²) in [5, 5.41) is 0. The standard InChI is InChI=1S/H4NP3/c2-1-4-3/h2-3H2. The van der Waals surface area contributed by atoms with Gasteiger partial charge in [0.2, 0.25) is 0 Å². The van der Waals surface area contributed by atoms with Crippen LogP contribution in [0.25, 0.3) is 0 Å². The molecule has 2 atom stereocenters. The Bertz CT molecular complexity index is 18.5. The highest BCUT2D eigenvalue weighted by Crippen LogP contribution is 2.11. The molecule has 1 nitrogen and oxygen atoms in total. The van der Waals surface area contributed by atoms with Gasteiger partial charge in [-0.1, -0.05) is 8.93 Å². The summed E-state index contributed by atoms with van der Waals surface area (Å²) in [6, 6.07) is 0. The van der Waals surface area contributed by atoms with Crippen molar-refractivity contribution >= 4 is 26.4 Å². The summed E-state index contributed by atoms with van der Waals surface area (Å²) in [5.41, 5.74) is 0. The van der Waals surface area contributed by atoms with E-state index in [0.717, 1.165) is 8.06 Å². The molecule has 4 heavy (non-hydrogen) atoms. The van der Waals surface area contributed by atoms with E-state index in [9.17, 15) is 0 Å². The van der Waals surface area contributed by atoms with E-state index in [-0.39, 0.29) is 0 Å². The average Bonchev–Trinajstić information content (AvgIpc) is 1.37. The normalized spacial score (nSPS) is 9.50. The lowest BCUT2D eigenvalue weighted by Crippen LogP contribution is -0.847. The highest BCUT2D eigenvalue weighted by Gasteiger charge is 1.34. The van der Waals surface area contributed by atoms with Gasteiger partial charge in [0.1, 0.15) is 0 Å². The molecule has 0 aliphatic rings. The highest BCUT2D eigenvalue weighted by molar-refractivity contribution is 7.98. The summed E-state index contributed by atoms with van der Waals surface area (Å²) < 4.78 is 3.59. The van der Waals surface area contributed by atoms with Crippen LogP contribution in [0.5, 0.6) is 0 Å². The van der Waals surface area contributed by atoms with E-state index in [1.165, 1.54) is 0 Å². The van der Waals surface area contributed by atoms with Crippen LogP contribution in [0.1, 0.15) is 0 Å². The summed E-state index contributed by atoms with van der Waals surface area (Å²) in [4.78, 5) is 0. The lowest BCUT2D eigenvalue weighted by Gasteiger charge is -1.51. The Hall–Kier alpha value is 0.960. The van der Waals surface area contributed by atoms with Gasteiger partial charge in [0.25, 0.3) is 0 Å². The van der Waals surface area contributed by atoms with Gasteiger partial charge < -0.3 is 0 Å². The van der Waals surface area contributed by atoms with Crippen LogP contribution < -0.4 is 0 Å². The Morgan fingerprint density at radius 2 is 2.00 bits per heavy atom. The zero-order valence-corrected chi connectivity index (χ0v) is 5.25. The zero-order chi connectivity index (χ0) is 3.41. The SMILES string of the molecule is P/N=P/P. The first kappa shape index (κ1) is 4.96. The molecule has 0 N–H and O–H groups in total. The Kier molecular flexibility index (Phi) is 4.91. The van der Waals surface area contributed by atoms with Gasteiger partial charge in [-0.15, -0.1) is 0 Å². The first-order valence-corrected chi connectivity index (χ1v) is 3.70. The summed E-state index contributed by atoms with van der Waals surface area (Å²) in [6.07, 6.45) is 0. The summed E-state index contributed by atoms with van der Waals surface area (Å²) in [6.45, 7) is 0. The summed E-state index contributed by atoms with van der Waals surface area (Å²) in [7, 11) is 5.69. The minimum absolute atomic E-state index is 1.00. The fraction of sp³-hybridized carbons (Fsp3) is 0. The van der Waals surface area contributed by atoms with Gasteiger partial charge in [0.05, 0.1) is 0 Å². The lowest BCUT2D eigenvalue weighted by atomic mass is 13.9. The van der Waals surface area contributed by atoms with Crippen LogP contribution >= 0.6 is 26.4 Å². The monoisotopic (exact) mass is 111 g/mol. The molecular formula is H4NP3. The molecule has 0 amide bonds. The molecule has 0 bridgehead atoms. The van der Waals surface area contributed by atoms with Crippen molar-refractivity contribution in [1.82, 2.24) is 0 Å². The first-order chi connectivity index (χ1) is 1.91. The van der Waals surface area contributed by atoms with Crippen LogP contribution in [0.15, 0.2) is 4.52 Å². The second-order valence-corrected chi connectivity index (χ2v) is 2.08. The maximum absolute atomic E-state index is 3.59. The quantitative estimate of drug-likeness (QED) is 0.422. The van der Waals surface area contributed by atoms with Crippen LogP contribution in [0.3, 0.4) is 0 Å². The maximum atomic E-state index is 3.59. The smallest absolute Gasteiger partial charge is 0.0271 e. The number of nitrogens with zero attached hydrogens (tertiary/aromatic N) is 1. The molecule has 4 heteroatoms. The fourth-order valence-corrected chi connectivity index (χ4v) is 0. The molecule has 0 saturated carbocycles. The van der Waals surface area contributed by atoms with Gasteiger partial charge in [-0.2, -0.15) is 0 Å². The van der Waals surface area contributed by atoms with E-state index in [1.807, 2.05) is 0 Å².